The summed E-state index contributed by atoms with van der Waals surface area (Å²) in [5.74, 6) is -0.590. The molecule has 1 aliphatic rings. The molecule has 0 N–H and O–H groups in total. The van der Waals surface area contributed by atoms with Gasteiger partial charge in [0.05, 0.1) is 12.5 Å². The molecule has 0 radical (unpaired) electrons. The molecule has 1 amide bonds. The van der Waals surface area contributed by atoms with E-state index in [1.165, 1.54) is 18.2 Å². The van der Waals surface area contributed by atoms with Crippen LogP contribution in [0.2, 0.25) is 0 Å². The van der Waals surface area contributed by atoms with Crippen molar-refractivity contribution in [2.75, 3.05) is 6.54 Å². The Labute approximate surface area is 111 Å². The van der Waals surface area contributed by atoms with E-state index in [-0.39, 0.29) is 16.8 Å². The van der Waals surface area contributed by atoms with Crippen LogP contribution in [0.25, 0.3) is 0 Å². The van der Waals surface area contributed by atoms with Gasteiger partial charge in [-0.25, -0.2) is 4.39 Å². The van der Waals surface area contributed by atoms with Crippen molar-refractivity contribution in [3.05, 3.63) is 29.6 Å². The summed E-state index contributed by atoms with van der Waals surface area (Å²) in [6, 6.07) is 6.41. The lowest BCUT2D eigenvalue weighted by Crippen LogP contribution is -2.33. The van der Waals surface area contributed by atoms with Gasteiger partial charge >= 0.3 is 0 Å². The fourth-order valence-corrected chi connectivity index (χ4v) is 2.03. The van der Waals surface area contributed by atoms with Gasteiger partial charge in [0.2, 0.25) is 0 Å². The van der Waals surface area contributed by atoms with Crippen LogP contribution in [0.4, 0.5) is 4.39 Å². The Bertz CT molecular complexity index is 508. The van der Waals surface area contributed by atoms with Gasteiger partial charge in [-0.1, -0.05) is 0 Å². The Hall–Kier alpha value is -1.54. The van der Waals surface area contributed by atoms with Crippen molar-refractivity contribution in [3.63, 3.8) is 0 Å². The highest BCUT2D eigenvalue weighted by atomic mass is 32.1. The number of nitriles is 1. The molecule has 0 saturated heterocycles. The van der Waals surface area contributed by atoms with Crippen LogP contribution >= 0.6 is 12.6 Å². The van der Waals surface area contributed by atoms with Crippen LogP contribution in [0.3, 0.4) is 0 Å². The molecule has 0 aromatic heterocycles. The molecule has 1 aromatic rings. The SMILES string of the molecule is N#CCCN(C(=O)c1ccc(F)c(S)c1)C1CC1. The summed E-state index contributed by atoms with van der Waals surface area (Å²) in [7, 11) is 0. The number of thiol groups is 1. The smallest absolute Gasteiger partial charge is 0.254 e. The second kappa shape index (κ2) is 5.40. The van der Waals surface area contributed by atoms with Crippen LogP contribution in [0.15, 0.2) is 23.1 Å². The third-order valence-electron chi connectivity index (χ3n) is 2.91. The standard InChI is InChI=1S/C13H13FN2OS/c14-11-5-2-9(8-12(11)18)13(17)16(7-1-6-15)10-3-4-10/h2,5,8,10,18H,1,3-4,7H2. The molecule has 3 nitrogen and oxygen atoms in total. The van der Waals surface area contributed by atoms with E-state index in [4.69, 9.17) is 5.26 Å². The molecule has 18 heavy (non-hydrogen) atoms. The summed E-state index contributed by atoms with van der Waals surface area (Å²) in [5, 5.41) is 8.60. The first-order valence-electron chi connectivity index (χ1n) is 5.80. The van der Waals surface area contributed by atoms with E-state index in [1.54, 1.807) is 4.90 Å². The molecule has 94 valence electrons. The molecule has 2 rings (SSSR count). The monoisotopic (exact) mass is 264 g/mol. The van der Waals surface area contributed by atoms with Crippen molar-refractivity contribution in [1.82, 2.24) is 4.90 Å². The molecule has 1 saturated carbocycles. The van der Waals surface area contributed by atoms with Gasteiger partial charge in [-0.2, -0.15) is 5.26 Å². The molecule has 0 heterocycles. The predicted octanol–water partition coefficient (Wildman–Crippen LogP) is 2.63. The maximum absolute atomic E-state index is 13.1. The lowest BCUT2D eigenvalue weighted by molar-refractivity contribution is 0.0746. The molecule has 5 heteroatoms. The number of benzene rings is 1. The number of amides is 1. The zero-order chi connectivity index (χ0) is 13.1. The highest BCUT2D eigenvalue weighted by Gasteiger charge is 2.32. The van der Waals surface area contributed by atoms with Gasteiger partial charge in [0, 0.05) is 23.0 Å². The summed E-state index contributed by atoms with van der Waals surface area (Å²) in [6.45, 7) is 0.430. The number of halogens is 1. The number of hydrogen-bond acceptors (Lipinski definition) is 3. The molecular formula is C13H13FN2OS. The van der Waals surface area contributed by atoms with E-state index < -0.39 is 5.82 Å². The van der Waals surface area contributed by atoms with Crippen LogP contribution in [0.5, 0.6) is 0 Å². The third-order valence-corrected chi connectivity index (χ3v) is 3.25. The first-order chi connectivity index (χ1) is 8.63. The van der Waals surface area contributed by atoms with Crippen molar-refractivity contribution in [2.45, 2.75) is 30.2 Å². The minimum atomic E-state index is -0.440. The van der Waals surface area contributed by atoms with Gasteiger partial charge in [-0.3, -0.25) is 4.79 Å². The maximum Gasteiger partial charge on any atom is 0.254 e. The summed E-state index contributed by atoms with van der Waals surface area (Å²) in [5.41, 5.74) is 0.422. The molecule has 1 fully saturated rings. The Kier molecular flexibility index (Phi) is 3.87. The highest BCUT2D eigenvalue weighted by molar-refractivity contribution is 7.80. The van der Waals surface area contributed by atoms with Gasteiger partial charge < -0.3 is 4.90 Å². The van der Waals surface area contributed by atoms with Crippen LogP contribution in [-0.2, 0) is 0 Å². The zero-order valence-corrected chi connectivity index (χ0v) is 10.7. The largest absolute Gasteiger partial charge is 0.335 e. The van der Waals surface area contributed by atoms with E-state index in [2.05, 4.69) is 12.6 Å². The van der Waals surface area contributed by atoms with E-state index in [9.17, 15) is 9.18 Å². The Morgan fingerprint density at radius 1 is 1.56 bits per heavy atom. The van der Waals surface area contributed by atoms with Crippen LogP contribution in [0.1, 0.15) is 29.6 Å². The summed E-state index contributed by atoms with van der Waals surface area (Å²) in [4.78, 5) is 14.1. The Morgan fingerprint density at radius 3 is 2.83 bits per heavy atom. The van der Waals surface area contributed by atoms with E-state index in [0.717, 1.165) is 12.8 Å². The van der Waals surface area contributed by atoms with E-state index in [1.807, 2.05) is 6.07 Å². The summed E-state index contributed by atoms with van der Waals surface area (Å²) >= 11 is 3.97. The van der Waals surface area contributed by atoms with Crippen molar-refractivity contribution in [1.29, 1.82) is 5.26 Å². The average Bonchev–Trinajstić information content (AvgIpc) is 3.17. The van der Waals surface area contributed by atoms with E-state index >= 15 is 0 Å². The second-order valence-electron chi connectivity index (χ2n) is 4.30. The van der Waals surface area contributed by atoms with E-state index in [0.29, 0.717) is 18.5 Å². The second-order valence-corrected chi connectivity index (χ2v) is 4.79. The average molecular weight is 264 g/mol. The Morgan fingerprint density at radius 2 is 2.28 bits per heavy atom. The van der Waals surface area contributed by atoms with Gasteiger partial charge in [0.1, 0.15) is 5.82 Å². The minimum Gasteiger partial charge on any atom is -0.335 e. The minimum absolute atomic E-state index is 0.150. The first-order valence-corrected chi connectivity index (χ1v) is 6.24. The molecule has 0 aliphatic heterocycles. The number of nitrogens with zero attached hydrogens (tertiary/aromatic N) is 2. The van der Waals surface area contributed by atoms with Crippen molar-refractivity contribution in [2.24, 2.45) is 0 Å². The van der Waals surface area contributed by atoms with Gasteiger partial charge in [0.25, 0.3) is 5.91 Å². The lowest BCUT2D eigenvalue weighted by Gasteiger charge is -2.21. The predicted molar refractivity (Wildman–Crippen MR) is 67.9 cm³/mol. The van der Waals surface area contributed by atoms with Crippen molar-refractivity contribution < 1.29 is 9.18 Å². The number of hydrogen-bond donors (Lipinski definition) is 1. The molecular weight excluding hydrogens is 251 g/mol. The fourth-order valence-electron chi connectivity index (χ4n) is 1.82. The first kappa shape index (κ1) is 12.9. The summed E-state index contributed by atoms with van der Waals surface area (Å²) in [6.07, 6.45) is 2.27. The zero-order valence-electron chi connectivity index (χ0n) is 9.77. The molecule has 0 spiro atoms. The quantitative estimate of drug-likeness (QED) is 0.850. The molecule has 1 aromatic carbocycles. The third kappa shape index (κ3) is 2.82. The van der Waals surface area contributed by atoms with Gasteiger partial charge in [-0.15, -0.1) is 12.6 Å². The van der Waals surface area contributed by atoms with Crippen molar-refractivity contribution in [3.8, 4) is 6.07 Å². The molecule has 0 bridgehead atoms. The lowest BCUT2D eigenvalue weighted by atomic mass is 10.2. The highest BCUT2D eigenvalue weighted by Crippen LogP contribution is 2.28. The van der Waals surface area contributed by atoms with Crippen LogP contribution in [0, 0.1) is 17.1 Å². The normalized spacial score (nSPS) is 14.1. The fraction of sp³-hybridized carbons (Fsp3) is 0.385. The summed E-state index contributed by atoms with van der Waals surface area (Å²) < 4.78 is 13.1. The molecule has 0 atom stereocenters. The van der Waals surface area contributed by atoms with Crippen LogP contribution in [-0.4, -0.2) is 23.4 Å². The topological polar surface area (TPSA) is 44.1 Å². The van der Waals surface area contributed by atoms with Gasteiger partial charge in [0.15, 0.2) is 0 Å². The number of carbonyl (C=O) groups excluding carboxylic acids is 1. The van der Waals surface area contributed by atoms with Crippen LogP contribution < -0.4 is 0 Å². The molecule has 0 unspecified atom stereocenters. The van der Waals surface area contributed by atoms with Gasteiger partial charge in [-0.05, 0) is 31.0 Å². The van der Waals surface area contributed by atoms with Crippen molar-refractivity contribution >= 4 is 18.5 Å². The Balaban J connectivity index is 2.17. The maximum atomic E-state index is 13.1. The number of rotatable bonds is 4. The molecule has 1 aliphatic carbocycles. The number of carbonyl (C=O) groups is 1.